The number of nitrogens with two attached hydrogens (primary N) is 1. The molecule has 2 aromatic rings. The van der Waals surface area contributed by atoms with E-state index in [1.807, 2.05) is 20.7 Å². The van der Waals surface area contributed by atoms with E-state index in [-0.39, 0.29) is 48.3 Å². The number of urea groups is 1. The van der Waals surface area contributed by atoms with E-state index < -0.39 is 29.9 Å². The largest absolute Gasteiger partial charge is 0.461 e. The fourth-order valence-electron chi connectivity index (χ4n) is 3.93. The third kappa shape index (κ3) is 12.3. The number of esters is 1. The van der Waals surface area contributed by atoms with Crippen LogP contribution in [0, 0.1) is 11.8 Å². The molecule has 4 amide bonds. The summed E-state index contributed by atoms with van der Waals surface area (Å²) in [4.78, 5) is 61.4. The van der Waals surface area contributed by atoms with Crippen molar-refractivity contribution in [2.24, 2.45) is 17.6 Å². The summed E-state index contributed by atoms with van der Waals surface area (Å²) in [5, 5.41) is 16.1. The van der Waals surface area contributed by atoms with Crippen molar-refractivity contribution in [1.82, 2.24) is 25.6 Å². The minimum Gasteiger partial charge on any atom is -0.461 e. The van der Waals surface area contributed by atoms with Crippen LogP contribution in [-0.4, -0.2) is 61.7 Å². The molecule has 1 aromatic carbocycles. The summed E-state index contributed by atoms with van der Waals surface area (Å²) in [6.07, 6.45) is 2.29. The highest BCUT2D eigenvalue weighted by molar-refractivity contribution is 14.1. The van der Waals surface area contributed by atoms with Crippen LogP contribution in [0.5, 0.6) is 0 Å². The second kappa shape index (κ2) is 16.7. The van der Waals surface area contributed by atoms with E-state index in [4.69, 9.17) is 10.5 Å². The van der Waals surface area contributed by atoms with Crippen LogP contribution in [0.15, 0.2) is 30.5 Å². The van der Waals surface area contributed by atoms with Crippen molar-refractivity contribution in [2.75, 3.05) is 11.9 Å². The monoisotopic (exact) mass is 681 g/mol. The van der Waals surface area contributed by atoms with E-state index in [1.165, 1.54) is 11.6 Å². The molecule has 0 bridgehead atoms. The van der Waals surface area contributed by atoms with Crippen molar-refractivity contribution < 1.29 is 28.7 Å². The van der Waals surface area contributed by atoms with Crippen molar-refractivity contribution in [3.05, 3.63) is 36.0 Å². The van der Waals surface area contributed by atoms with Gasteiger partial charge in [0.1, 0.15) is 13.2 Å². The van der Waals surface area contributed by atoms with Gasteiger partial charge in [0.05, 0.1) is 11.6 Å². The molecule has 0 radical (unpaired) electrons. The molecule has 13 nitrogen and oxygen atoms in total. The molecule has 1 heterocycles. The summed E-state index contributed by atoms with van der Waals surface area (Å²) < 4.78 is 6.53. The van der Waals surface area contributed by atoms with Crippen LogP contribution in [0.2, 0.25) is 6.82 Å². The van der Waals surface area contributed by atoms with Crippen molar-refractivity contribution in [3.8, 4) is 0 Å². The van der Waals surface area contributed by atoms with Gasteiger partial charge in [-0.3, -0.25) is 19.2 Å². The number of hydrogen-bond acceptors (Lipinski definition) is 8. The highest BCUT2D eigenvalue weighted by Crippen LogP contribution is 2.19. The lowest BCUT2D eigenvalue weighted by molar-refractivity contribution is -0.142. The number of nitrogens with one attached hydrogen (secondary N) is 3. The third-order valence-electron chi connectivity index (χ3n) is 6.11. The SMILES string of the molecule is CB(I)c1cn(CC(=O)N[C@H](C(=O)C[C@@H](CCCNC(N)=O)C(=O)Nc2ccc(COC(C)=O)cc2)C(C)C)nn1. The lowest BCUT2D eigenvalue weighted by Gasteiger charge is -2.24. The van der Waals surface area contributed by atoms with Gasteiger partial charge in [-0.25, -0.2) is 9.48 Å². The zero-order valence-electron chi connectivity index (χ0n) is 23.7. The molecule has 5 N–H and O–H groups in total. The van der Waals surface area contributed by atoms with E-state index in [9.17, 15) is 24.0 Å². The van der Waals surface area contributed by atoms with Gasteiger partial charge in [-0.15, -0.1) is 27.5 Å². The molecule has 0 spiro atoms. The number of aromatic nitrogens is 3. The molecule has 0 saturated carbocycles. The summed E-state index contributed by atoms with van der Waals surface area (Å²) >= 11 is 2.20. The number of Topliss-reactive ketones (excluding diaryl/α,β-unsaturated/α-hetero) is 1. The molecule has 0 aliphatic carbocycles. The first-order valence-corrected chi connectivity index (χ1v) is 14.5. The Morgan fingerprint density at radius 3 is 2.39 bits per heavy atom. The number of carbonyl (C=O) groups excluding carboxylic acids is 5. The first-order valence-electron chi connectivity index (χ1n) is 13.3. The van der Waals surface area contributed by atoms with Gasteiger partial charge in [0.2, 0.25) is 11.8 Å². The maximum Gasteiger partial charge on any atom is 0.312 e. The number of amides is 4. The second-order valence-electron chi connectivity index (χ2n) is 10.0. The molecule has 0 aliphatic heterocycles. The highest BCUT2D eigenvalue weighted by Gasteiger charge is 2.29. The third-order valence-corrected chi connectivity index (χ3v) is 6.75. The van der Waals surface area contributed by atoms with Crippen LogP contribution in [0.25, 0.3) is 0 Å². The number of ether oxygens (including phenoxy) is 1. The van der Waals surface area contributed by atoms with Gasteiger partial charge >= 0.3 is 12.0 Å². The van der Waals surface area contributed by atoms with Crippen LogP contribution in [0.4, 0.5) is 10.5 Å². The van der Waals surface area contributed by atoms with Gasteiger partial charge in [-0.1, -0.05) is 38.0 Å². The normalized spacial score (nSPS) is 12.2. The van der Waals surface area contributed by atoms with Gasteiger partial charge < -0.3 is 26.4 Å². The van der Waals surface area contributed by atoms with E-state index in [2.05, 4.69) is 48.6 Å². The molecule has 15 heteroatoms. The number of hydrogen-bond donors (Lipinski definition) is 4. The van der Waals surface area contributed by atoms with E-state index in [0.717, 1.165) is 11.2 Å². The second-order valence-corrected chi connectivity index (χ2v) is 11.9. The summed E-state index contributed by atoms with van der Waals surface area (Å²) in [6.45, 7) is 7.18. The molecular formula is C26H37BIN7O6. The topological polar surface area (TPSA) is 187 Å². The predicted octanol–water partition coefficient (Wildman–Crippen LogP) is 1.41. The van der Waals surface area contributed by atoms with Gasteiger partial charge in [0.25, 0.3) is 4.57 Å². The van der Waals surface area contributed by atoms with Gasteiger partial charge in [0.15, 0.2) is 5.78 Å². The Hall–Kier alpha value is -3.50. The Labute approximate surface area is 253 Å². The molecule has 0 fully saturated rings. The number of benzene rings is 1. The summed E-state index contributed by atoms with van der Waals surface area (Å²) in [6, 6.07) is 5.31. The average Bonchev–Trinajstić information content (AvgIpc) is 3.36. The summed E-state index contributed by atoms with van der Waals surface area (Å²) in [7, 11) is 0. The standard InChI is InChI=1S/C26H37BIN7O6/c1-16(2)24(32-23(38)14-35-13-22(27(4)28)33-34-35)21(37)12-19(6-5-11-30-26(29)40)25(39)31-20-9-7-18(8-10-20)15-41-17(3)36/h7-10,13,16,19,24H,5-6,11-12,14-15H2,1-4H3,(H,31,39)(H,32,38)(H3,29,30,40)/t19-,24+/m1/s1. The number of nitrogens with zero attached hydrogens (tertiary/aromatic N) is 3. The summed E-state index contributed by atoms with van der Waals surface area (Å²) in [5.41, 5.74) is 7.14. The number of halogens is 1. The smallest absolute Gasteiger partial charge is 0.312 e. The summed E-state index contributed by atoms with van der Waals surface area (Å²) in [5.74, 6) is -2.39. The van der Waals surface area contributed by atoms with Gasteiger partial charge in [-0.2, -0.15) is 0 Å². The molecule has 222 valence electrons. The van der Waals surface area contributed by atoms with Crippen LogP contribution in [0.3, 0.4) is 0 Å². The number of carbonyl (C=O) groups is 5. The average molecular weight is 681 g/mol. The van der Waals surface area contributed by atoms with E-state index in [1.54, 1.807) is 30.5 Å². The molecule has 0 saturated heterocycles. The fourth-order valence-corrected chi connectivity index (χ4v) is 4.21. The quantitative estimate of drug-likeness (QED) is 0.0886. The Balaban J connectivity index is 2.08. The predicted molar refractivity (Wildman–Crippen MR) is 163 cm³/mol. The molecular weight excluding hydrogens is 644 g/mol. The first kappa shape index (κ1) is 33.7. The number of rotatable bonds is 16. The van der Waals surface area contributed by atoms with Crippen LogP contribution in [-0.2, 0) is 37.1 Å². The Morgan fingerprint density at radius 1 is 1.15 bits per heavy atom. The van der Waals surface area contributed by atoms with Gasteiger partial charge in [0, 0.05) is 37.7 Å². The van der Waals surface area contributed by atoms with Gasteiger partial charge in [-0.05, 0) is 36.5 Å². The Bertz CT molecular complexity index is 1210. The maximum absolute atomic E-state index is 13.4. The molecule has 41 heavy (non-hydrogen) atoms. The van der Waals surface area contributed by atoms with Crippen molar-refractivity contribution in [3.63, 3.8) is 0 Å². The molecule has 0 aliphatic rings. The van der Waals surface area contributed by atoms with Crippen molar-refractivity contribution >= 4 is 67.8 Å². The maximum atomic E-state index is 13.4. The van der Waals surface area contributed by atoms with Crippen LogP contribution in [0.1, 0.15) is 45.6 Å². The first-order chi connectivity index (χ1) is 19.3. The fraction of sp³-hybridized carbons (Fsp3) is 0.500. The number of primary amides is 1. The molecule has 2 atom stereocenters. The molecule has 0 unspecified atom stereocenters. The number of ketones is 1. The number of anilines is 1. The Morgan fingerprint density at radius 2 is 1.83 bits per heavy atom. The van der Waals surface area contributed by atoms with E-state index in [0.29, 0.717) is 18.5 Å². The minimum atomic E-state index is -0.811. The lowest BCUT2D eigenvalue weighted by Crippen LogP contribution is -2.46. The zero-order valence-corrected chi connectivity index (χ0v) is 25.8. The van der Waals surface area contributed by atoms with Crippen molar-refractivity contribution in [1.29, 1.82) is 0 Å². The molecule has 2 rings (SSSR count). The van der Waals surface area contributed by atoms with E-state index >= 15 is 0 Å². The zero-order chi connectivity index (χ0) is 30.5. The minimum absolute atomic E-state index is 0.0942. The lowest BCUT2D eigenvalue weighted by atomic mass is 9.78. The Kier molecular flexibility index (Phi) is 13.7. The van der Waals surface area contributed by atoms with Crippen LogP contribution < -0.4 is 27.3 Å². The van der Waals surface area contributed by atoms with Crippen molar-refractivity contribution in [2.45, 2.75) is 66.1 Å². The molecule has 1 aromatic heterocycles. The van der Waals surface area contributed by atoms with Crippen LogP contribution >= 0.6 is 22.4 Å². The highest BCUT2D eigenvalue weighted by atomic mass is 127.